The second-order valence-corrected chi connectivity index (χ2v) is 4.81. The van der Waals surface area contributed by atoms with Gasteiger partial charge in [-0.05, 0) is 37.5 Å². The maximum Gasteiger partial charge on any atom is 0.137 e. The van der Waals surface area contributed by atoms with Gasteiger partial charge in [0.05, 0.1) is 11.6 Å². The van der Waals surface area contributed by atoms with E-state index in [1.54, 1.807) is 18.2 Å². The summed E-state index contributed by atoms with van der Waals surface area (Å²) in [6.45, 7) is 0.703. The summed E-state index contributed by atoms with van der Waals surface area (Å²) in [6.07, 6.45) is 3.39. The number of halogens is 3. The molecule has 0 aliphatic rings. The number of unbranched alkanes of at least 4 members (excludes halogenated alkanes) is 2. The van der Waals surface area contributed by atoms with Crippen LogP contribution < -0.4 is 4.74 Å². The van der Waals surface area contributed by atoms with E-state index in [4.69, 9.17) is 27.9 Å². The lowest BCUT2D eigenvalue weighted by atomic mass is 10.3. The largest absolute Gasteiger partial charge is 0.492 e. The molecule has 84 valence electrons. The van der Waals surface area contributed by atoms with E-state index in [2.05, 4.69) is 15.9 Å². The van der Waals surface area contributed by atoms with E-state index in [9.17, 15) is 0 Å². The first-order chi connectivity index (χ1) is 7.24. The summed E-state index contributed by atoms with van der Waals surface area (Å²) in [4.78, 5) is 0. The summed E-state index contributed by atoms with van der Waals surface area (Å²) < 4.78 is 5.53. The fourth-order valence-corrected chi connectivity index (χ4v) is 2.01. The van der Waals surface area contributed by atoms with Crippen LogP contribution in [0.3, 0.4) is 0 Å². The molecule has 0 heterocycles. The topological polar surface area (TPSA) is 9.23 Å². The van der Waals surface area contributed by atoms with Crippen molar-refractivity contribution in [3.63, 3.8) is 0 Å². The molecule has 4 heteroatoms. The van der Waals surface area contributed by atoms with Crippen LogP contribution in [0.4, 0.5) is 0 Å². The molecular formula is C11H13BrCl2O. The number of ether oxygens (including phenoxy) is 1. The van der Waals surface area contributed by atoms with E-state index in [1.807, 2.05) is 0 Å². The first-order valence-electron chi connectivity index (χ1n) is 4.88. The highest BCUT2D eigenvalue weighted by molar-refractivity contribution is 9.09. The third kappa shape index (κ3) is 5.10. The Hall–Kier alpha value is 0.0800. The van der Waals surface area contributed by atoms with Gasteiger partial charge in [-0.25, -0.2) is 0 Å². The number of rotatable bonds is 6. The standard InChI is InChI=1S/C11H13BrCl2O/c12-6-2-1-3-7-15-11-5-4-9(13)8-10(11)14/h4-5,8H,1-3,6-7H2. The molecule has 0 aromatic heterocycles. The van der Waals surface area contributed by atoms with Gasteiger partial charge in [0.2, 0.25) is 0 Å². The average molecular weight is 312 g/mol. The molecule has 0 aliphatic heterocycles. The Balaban J connectivity index is 2.31. The summed E-state index contributed by atoms with van der Waals surface area (Å²) >= 11 is 15.1. The Morgan fingerprint density at radius 3 is 2.60 bits per heavy atom. The molecular weight excluding hydrogens is 299 g/mol. The minimum absolute atomic E-state index is 0.572. The predicted molar refractivity (Wildman–Crippen MR) is 69.6 cm³/mol. The molecule has 0 bridgehead atoms. The lowest BCUT2D eigenvalue weighted by Crippen LogP contribution is -1.97. The van der Waals surface area contributed by atoms with E-state index >= 15 is 0 Å². The number of benzene rings is 1. The van der Waals surface area contributed by atoms with Gasteiger partial charge >= 0.3 is 0 Å². The smallest absolute Gasteiger partial charge is 0.137 e. The Labute approximate surface area is 109 Å². The molecule has 0 saturated heterocycles. The Bertz CT molecular complexity index is 305. The zero-order valence-corrected chi connectivity index (χ0v) is 11.4. The second-order valence-electron chi connectivity index (χ2n) is 3.17. The molecule has 1 aromatic rings. The number of hydrogen-bond acceptors (Lipinski definition) is 1. The van der Waals surface area contributed by atoms with Crippen LogP contribution in [-0.2, 0) is 0 Å². The van der Waals surface area contributed by atoms with E-state index in [0.717, 1.165) is 18.2 Å². The van der Waals surface area contributed by atoms with Crippen LogP contribution in [0, 0.1) is 0 Å². The zero-order chi connectivity index (χ0) is 11.1. The van der Waals surface area contributed by atoms with Crippen molar-refractivity contribution >= 4 is 39.1 Å². The fraction of sp³-hybridized carbons (Fsp3) is 0.455. The van der Waals surface area contributed by atoms with Gasteiger partial charge in [0, 0.05) is 10.4 Å². The lowest BCUT2D eigenvalue weighted by molar-refractivity contribution is 0.306. The first-order valence-corrected chi connectivity index (χ1v) is 6.75. The highest BCUT2D eigenvalue weighted by Gasteiger charge is 2.01. The molecule has 0 radical (unpaired) electrons. The Morgan fingerprint density at radius 2 is 1.93 bits per heavy atom. The van der Waals surface area contributed by atoms with Gasteiger partial charge < -0.3 is 4.74 Å². The van der Waals surface area contributed by atoms with Crippen molar-refractivity contribution in [1.29, 1.82) is 0 Å². The molecule has 0 aliphatic carbocycles. The molecule has 0 spiro atoms. The van der Waals surface area contributed by atoms with Gasteiger partial charge in [0.1, 0.15) is 5.75 Å². The van der Waals surface area contributed by atoms with Gasteiger partial charge in [-0.1, -0.05) is 39.1 Å². The van der Waals surface area contributed by atoms with Crippen LogP contribution in [0.15, 0.2) is 18.2 Å². The molecule has 0 saturated carbocycles. The van der Waals surface area contributed by atoms with Crippen molar-refractivity contribution < 1.29 is 4.74 Å². The van der Waals surface area contributed by atoms with Crippen LogP contribution in [0.1, 0.15) is 19.3 Å². The highest BCUT2D eigenvalue weighted by atomic mass is 79.9. The first kappa shape index (κ1) is 13.1. The fourth-order valence-electron chi connectivity index (χ4n) is 1.15. The van der Waals surface area contributed by atoms with Gasteiger partial charge in [0.25, 0.3) is 0 Å². The van der Waals surface area contributed by atoms with E-state index in [-0.39, 0.29) is 0 Å². The summed E-state index contributed by atoms with van der Waals surface area (Å²) in [5, 5.41) is 2.25. The second kappa shape index (κ2) is 7.37. The van der Waals surface area contributed by atoms with Gasteiger partial charge in [-0.15, -0.1) is 0 Å². The molecule has 0 atom stereocenters. The lowest BCUT2D eigenvalue weighted by Gasteiger charge is -2.07. The molecule has 1 aromatic carbocycles. The van der Waals surface area contributed by atoms with Crippen molar-refractivity contribution in [2.24, 2.45) is 0 Å². The Morgan fingerprint density at radius 1 is 1.13 bits per heavy atom. The van der Waals surface area contributed by atoms with Crippen LogP contribution >= 0.6 is 39.1 Å². The van der Waals surface area contributed by atoms with Gasteiger partial charge in [0.15, 0.2) is 0 Å². The maximum absolute atomic E-state index is 5.95. The van der Waals surface area contributed by atoms with Crippen LogP contribution in [0.25, 0.3) is 0 Å². The van der Waals surface area contributed by atoms with Crippen molar-refractivity contribution in [3.8, 4) is 5.75 Å². The summed E-state index contributed by atoms with van der Waals surface area (Å²) in [7, 11) is 0. The van der Waals surface area contributed by atoms with Crippen LogP contribution in [0.5, 0.6) is 5.75 Å². The third-order valence-electron chi connectivity index (χ3n) is 1.93. The van der Waals surface area contributed by atoms with Crippen molar-refractivity contribution in [2.75, 3.05) is 11.9 Å². The normalized spacial score (nSPS) is 10.3. The number of alkyl halides is 1. The zero-order valence-electron chi connectivity index (χ0n) is 8.31. The minimum atomic E-state index is 0.572. The minimum Gasteiger partial charge on any atom is -0.492 e. The monoisotopic (exact) mass is 310 g/mol. The molecule has 1 rings (SSSR count). The van der Waals surface area contributed by atoms with Gasteiger partial charge in [-0.2, -0.15) is 0 Å². The summed E-state index contributed by atoms with van der Waals surface area (Å²) in [5.74, 6) is 0.708. The SMILES string of the molecule is Clc1ccc(OCCCCCBr)c(Cl)c1. The number of hydrogen-bond donors (Lipinski definition) is 0. The molecule has 0 N–H and O–H groups in total. The molecule has 0 amide bonds. The van der Waals surface area contributed by atoms with Crippen molar-refractivity contribution in [2.45, 2.75) is 19.3 Å². The highest BCUT2D eigenvalue weighted by Crippen LogP contribution is 2.27. The quantitative estimate of drug-likeness (QED) is 0.534. The molecule has 15 heavy (non-hydrogen) atoms. The Kier molecular flexibility index (Phi) is 6.46. The van der Waals surface area contributed by atoms with Gasteiger partial charge in [-0.3, -0.25) is 0 Å². The third-order valence-corrected chi connectivity index (χ3v) is 3.02. The van der Waals surface area contributed by atoms with Crippen molar-refractivity contribution in [1.82, 2.24) is 0 Å². The molecule has 0 unspecified atom stereocenters. The van der Waals surface area contributed by atoms with Crippen molar-refractivity contribution in [3.05, 3.63) is 28.2 Å². The summed E-state index contributed by atoms with van der Waals surface area (Å²) in [6, 6.07) is 5.27. The van der Waals surface area contributed by atoms with E-state index < -0.39 is 0 Å². The van der Waals surface area contributed by atoms with Crippen LogP contribution in [0.2, 0.25) is 10.0 Å². The van der Waals surface area contributed by atoms with E-state index in [0.29, 0.717) is 22.4 Å². The van der Waals surface area contributed by atoms with E-state index in [1.165, 1.54) is 6.42 Å². The van der Waals surface area contributed by atoms with Crippen LogP contribution in [-0.4, -0.2) is 11.9 Å². The predicted octanol–water partition coefficient (Wildman–Crippen LogP) is 4.94. The maximum atomic E-state index is 5.95. The molecule has 0 fully saturated rings. The average Bonchev–Trinajstić information content (AvgIpc) is 2.20. The summed E-state index contributed by atoms with van der Waals surface area (Å²) in [5.41, 5.74) is 0. The molecule has 1 nitrogen and oxygen atoms in total.